The van der Waals surface area contributed by atoms with Gasteiger partial charge < -0.3 is 15.4 Å². The van der Waals surface area contributed by atoms with E-state index in [1.165, 1.54) is 0 Å². The molecule has 1 aromatic rings. The van der Waals surface area contributed by atoms with Gasteiger partial charge in [-0.3, -0.25) is 4.79 Å². The lowest BCUT2D eigenvalue weighted by Gasteiger charge is -2.22. The van der Waals surface area contributed by atoms with Crippen molar-refractivity contribution < 1.29 is 9.53 Å². The third-order valence-corrected chi connectivity index (χ3v) is 4.33. The molecule has 0 aromatic heterocycles. The first-order valence-corrected chi connectivity index (χ1v) is 7.79. The number of amides is 1. The van der Waals surface area contributed by atoms with Gasteiger partial charge in [0.2, 0.25) is 0 Å². The maximum Gasteiger partial charge on any atom is 0.263 e. The summed E-state index contributed by atoms with van der Waals surface area (Å²) in [6, 6.07) is 5.23. The molecular formula is C14H18BrClN2O2. The summed E-state index contributed by atoms with van der Waals surface area (Å²) in [5.41, 5.74) is 5.64. The Morgan fingerprint density at radius 2 is 2.40 bits per heavy atom. The van der Waals surface area contributed by atoms with Crippen LogP contribution in [0.3, 0.4) is 0 Å². The average Bonchev–Trinajstić information content (AvgIpc) is 2.89. The minimum atomic E-state index is -0.524. The number of nitrogens with zero attached hydrogens (tertiary/aromatic N) is 1. The van der Waals surface area contributed by atoms with Crippen LogP contribution in [-0.2, 0) is 4.79 Å². The second-order valence-electron chi connectivity index (χ2n) is 5.01. The lowest BCUT2D eigenvalue weighted by Crippen LogP contribution is -2.39. The van der Waals surface area contributed by atoms with Crippen LogP contribution in [0.2, 0.25) is 5.02 Å². The lowest BCUT2D eigenvalue weighted by atomic mass is 10.1. The third-order valence-electron chi connectivity index (χ3n) is 3.48. The molecule has 1 fully saturated rings. The largest absolute Gasteiger partial charge is 0.480 e. The molecule has 1 aliphatic heterocycles. The number of ether oxygens (including phenoxy) is 1. The van der Waals surface area contributed by atoms with Gasteiger partial charge in [-0.2, -0.15) is 0 Å². The first-order chi connectivity index (χ1) is 9.51. The van der Waals surface area contributed by atoms with Gasteiger partial charge in [-0.05, 0) is 59.9 Å². The van der Waals surface area contributed by atoms with Gasteiger partial charge in [0, 0.05) is 18.1 Å². The SMILES string of the molecule is CC(Oc1ccc(Cl)cc1Br)C(=O)N1CCC(CN)C1. The molecule has 1 amide bonds. The first-order valence-electron chi connectivity index (χ1n) is 6.62. The van der Waals surface area contributed by atoms with Gasteiger partial charge in [0.25, 0.3) is 5.91 Å². The van der Waals surface area contributed by atoms with E-state index in [9.17, 15) is 4.79 Å². The van der Waals surface area contributed by atoms with Gasteiger partial charge >= 0.3 is 0 Å². The summed E-state index contributed by atoms with van der Waals surface area (Å²) in [5, 5.41) is 0.619. The number of hydrogen-bond donors (Lipinski definition) is 1. The molecule has 4 nitrogen and oxygen atoms in total. The smallest absolute Gasteiger partial charge is 0.263 e. The van der Waals surface area contributed by atoms with Crippen molar-refractivity contribution in [2.24, 2.45) is 11.7 Å². The van der Waals surface area contributed by atoms with Crippen molar-refractivity contribution >= 4 is 33.4 Å². The van der Waals surface area contributed by atoms with Crippen molar-refractivity contribution in [1.82, 2.24) is 4.90 Å². The first kappa shape index (κ1) is 15.6. The molecule has 2 atom stereocenters. The maximum atomic E-state index is 12.3. The van der Waals surface area contributed by atoms with Crippen molar-refractivity contribution in [3.63, 3.8) is 0 Å². The standard InChI is InChI=1S/C14H18BrClN2O2/c1-9(14(19)18-5-4-10(7-17)8-18)20-13-3-2-11(16)6-12(13)15/h2-3,6,9-10H,4-5,7-8,17H2,1H3. The zero-order valence-corrected chi connectivity index (χ0v) is 13.7. The van der Waals surface area contributed by atoms with Crippen LogP contribution in [0.5, 0.6) is 5.75 Å². The van der Waals surface area contributed by atoms with E-state index in [0.29, 0.717) is 23.2 Å². The number of nitrogens with two attached hydrogens (primary N) is 1. The highest BCUT2D eigenvalue weighted by Gasteiger charge is 2.29. The Bertz CT molecular complexity index is 498. The Hall–Kier alpha value is -0.780. The second-order valence-corrected chi connectivity index (χ2v) is 6.30. The van der Waals surface area contributed by atoms with Gasteiger partial charge in [-0.15, -0.1) is 0 Å². The quantitative estimate of drug-likeness (QED) is 0.897. The Morgan fingerprint density at radius 3 is 3.00 bits per heavy atom. The average molecular weight is 362 g/mol. The fourth-order valence-corrected chi connectivity index (χ4v) is 3.07. The molecule has 1 aliphatic rings. The van der Waals surface area contributed by atoms with Crippen molar-refractivity contribution in [3.05, 3.63) is 27.7 Å². The van der Waals surface area contributed by atoms with Crippen LogP contribution in [0.25, 0.3) is 0 Å². The molecule has 2 unspecified atom stereocenters. The summed E-state index contributed by atoms with van der Waals surface area (Å²) in [6.45, 7) is 3.88. The van der Waals surface area contributed by atoms with Gasteiger partial charge in [0.05, 0.1) is 4.47 Å². The second kappa shape index (κ2) is 6.78. The number of hydrogen-bond acceptors (Lipinski definition) is 3. The molecule has 2 N–H and O–H groups in total. The van der Waals surface area contributed by atoms with E-state index in [-0.39, 0.29) is 5.91 Å². The molecule has 0 radical (unpaired) electrons. The molecule has 0 aliphatic carbocycles. The number of carbonyl (C=O) groups is 1. The maximum absolute atomic E-state index is 12.3. The molecule has 0 bridgehead atoms. The van der Waals surface area contributed by atoms with Crippen LogP contribution < -0.4 is 10.5 Å². The van der Waals surface area contributed by atoms with Crippen molar-refractivity contribution in [2.45, 2.75) is 19.4 Å². The molecule has 6 heteroatoms. The summed E-state index contributed by atoms with van der Waals surface area (Å²) >= 11 is 9.26. The van der Waals surface area contributed by atoms with Gasteiger partial charge in [-0.1, -0.05) is 11.6 Å². The molecule has 1 saturated heterocycles. The van der Waals surface area contributed by atoms with Crippen LogP contribution >= 0.6 is 27.5 Å². The number of likely N-dealkylation sites (tertiary alicyclic amines) is 1. The van der Waals surface area contributed by atoms with Crippen LogP contribution in [-0.4, -0.2) is 36.5 Å². The summed E-state index contributed by atoms with van der Waals surface area (Å²) in [4.78, 5) is 14.1. The molecule has 0 spiro atoms. The predicted molar refractivity (Wildman–Crippen MR) is 83.0 cm³/mol. The van der Waals surface area contributed by atoms with Gasteiger partial charge in [-0.25, -0.2) is 0 Å². The number of carbonyl (C=O) groups excluding carboxylic acids is 1. The number of rotatable bonds is 4. The fraction of sp³-hybridized carbons (Fsp3) is 0.500. The zero-order chi connectivity index (χ0) is 14.7. The topological polar surface area (TPSA) is 55.6 Å². The van der Waals surface area contributed by atoms with Crippen LogP contribution in [0.1, 0.15) is 13.3 Å². The highest BCUT2D eigenvalue weighted by atomic mass is 79.9. The van der Waals surface area contributed by atoms with E-state index < -0.39 is 6.10 Å². The van der Waals surface area contributed by atoms with Crippen LogP contribution in [0.4, 0.5) is 0 Å². The van der Waals surface area contributed by atoms with Crippen molar-refractivity contribution in [2.75, 3.05) is 19.6 Å². The Labute approximate surface area is 132 Å². The minimum absolute atomic E-state index is 0.00259. The fourth-order valence-electron chi connectivity index (χ4n) is 2.29. The summed E-state index contributed by atoms with van der Waals surface area (Å²) in [7, 11) is 0. The third kappa shape index (κ3) is 3.65. The Kier molecular flexibility index (Phi) is 5.29. The number of halogens is 2. The lowest BCUT2D eigenvalue weighted by molar-refractivity contribution is -0.137. The number of benzene rings is 1. The summed E-state index contributed by atoms with van der Waals surface area (Å²) in [6.07, 6.45) is 0.448. The predicted octanol–water partition coefficient (Wildman–Crippen LogP) is 2.68. The molecule has 0 saturated carbocycles. The molecule has 110 valence electrons. The zero-order valence-electron chi connectivity index (χ0n) is 11.3. The van der Waals surface area contributed by atoms with E-state index in [2.05, 4.69) is 15.9 Å². The molecule has 1 aromatic carbocycles. The Morgan fingerprint density at radius 1 is 1.65 bits per heavy atom. The van der Waals surface area contributed by atoms with Gasteiger partial charge in [0.15, 0.2) is 6.10 Å². The normalized spacial score (nSPS) is 20.0. The Balaban J connectivity index is 1.97. The van der Waals surface area contributed by atoms with E-state index in [1.807, 2.05) is 4.90 Å². The van der Waals surface area contributed by atoms with Crippen LogP contribution in [0.15, 0.2) is 22.7 Å². The minimum Gasteiger partial charge on any atom is -0.480 e. The monoisotopic (exact) mass is 360 g/mol. The van der Waals surface area contributed by atoms with E-state index in [4.69, 9.17) is 22.1 Å². The molecule has 2 rings (SSSR count). The summed E-state index contributed by atoms with van der Waals surface area (Å²) < 4.78 is 6.46. The van der Waals surface area contributed by atoms with E-state index in [1.54, 1.807) is 25.1 Å². The van der Waals surface area contributed by atoms with Crippen LogP contribution in [0, 0.1) is 5.92 Å². The highest BCUT2D eigenvalue weighted by molar-refractivity contribution is 9.10. The van der Waals surface area contributed by atoms with Gasteiger partial charge in [0.1, 0.15) is 5.75 Å². The highest BCUT2D eigenvalue weighted by Crippen LogP contribution is 2.29. The van der Waals surface area contributed by atoms with Crippen molar-refractivity contribution in [1.29, 1.82) is 0 Å². The van der Waals surface area contributed by atoms with E-state index in [0.717, 1.165) is 24.0 Å². The molecular weight excluding hydrogens is 344 g/mol. The summed E-state index contributed by atoms with van der Waals surface area (Å²) in [5.74, 6) is 1.03. The van der Waals surface area contributed by atoms with E-state index >= 15 is 0 Å². The molecule has 20 heavy (non-hydrogen) atoms. The molecule has 1 heterocycles. The van der Waals surface area contributed by atoms with Crippen molar-refractivity contribution in [3.8, 4) is 5.75 Å².